The lowest BCUT2D eigenvalue weighted by Gasteiger charge is -2.18. The minimum Gasteiger partial charge on any atom is -0.398 e. The van der Waals surface area contributed by atoms with Crippen molar-refractivity contribution < 1.29 is 4.79 Å². The molecule has 0 fully saturated rings. The fourth-order valence-corrected chi connectivity index (χ4v) is 3.02. The van der Waals surface area contributed by atoms with Crippen LogP contribution < -0.4 is 16.0 Å². The molecule has 0 atom stereocenters. The molecular weight excluding hydrogens is 309 g/mol. The fourth-order valence-electron chi connectivity index (χ4n) is 2.49. The molecule has 6 heteroatoms. The van der Waals surface area contributed by atoms with Crippen molar-refractivity contribution in [2.45, 2.75) is 6.42 Å². The number of anilines is 3. The molecule has 0 saturated carbocycles. The summed E-state index contributed by atoms with van der Waals surface area (Å²) >= 11 is 11.9. The topological polar surface area (TPSA) is 58.4 Å². The van der Waals surface area contributed by atoms with Crippen LogP contribution in [0.5, 0.6) is 0 Å². The smallest absolute Gasteiger partial charge is 0.326 e. The quantitative estimate of drug-likeness (QED) is 0.774. The van der Waals surface area contributed by atoms with Crippen LogP contribution in [0.15, 0.2) is 36.4 Å². The Kier molecular flexibility index (Phi) is 3.66. The van der Waals surface area contributed by atoms with Crippen LogP contribution in [0, 0.1) is 0 Å². The molecule has 4 nitrogen and oxygen atoms in total. The summed E-state index contributed by atoms with van der Waals surface area (Å²) in [6, 6.07) is 10.3. The lowest BCUT2D eigenvalue weighted by atomic mass is 10.1. The summed E-state index contributed by atoms with van der Waals surface area (Å²) in [7, 11) is 0. The number of urea groups is 1. The average molecular weight is 322 g/mol. The Morgan fingerprint density at radius 3 is 2.62 bits per heavy atom. The molecule has 108 valence electrons. The van der Waals surface area contributed by atoms with E-state index >= 15 is 0 Å². The van der Waals surface area contributed by atoms with Gasteiger partial charge in [0.25, 0.3) is 0 Å². The van der Waals surface area contributed by atoms with Crippen molar-refractivity contribution in [3.8, 4) is 0 Å². The summed E-state index contributed by atoms with van der Waals surface area (Å²) in [5.74, 6) is 0. The van der Waals surface area contributed by atoms with Crippen molar-refractivity contribution >= 4 is 46.3 Å². The van der Waals surface area contributed by atoms with E-state index < -0.39 is 0 Å². The second kappa shape index (κ2) is 5.47. The molecule has 0 aliphatic carbocycles. The summed E-state index contributed by atoms with van der Waals surface area (Å²) < 4.78 is 0. The van der Waals surface area contributed by atoms with Crippen LogP contribution >= 0.6 is 23.2 Å². The van der Waals surface area contributed by atoms with Gasteiger partial charge in [-0.3, -0.25) is 4.90 Å². The number of benzene rings is 2. The van der Waals surface area contributed by atoms with Gasteiger partial charge in [0.15, 0.2) is 0 Å². The highest BCUT2D eigenvalue weighted by Crippen LogP contribution is 2.32. The van der Waals surface area contributed by atoms with Crippen LogP contribution in [0.2, 0.25) is 10.0 Å². The lowest BCUT2D eigenvalue weighted by molar-refractivity contribution is 0.257. The molecule has 2 aromatic rings. The predicted molar refractivity (Wildman–Crippen MR) is 87.4 cm³/mol. The SMILES string of the molecule is Nc1cccc2c1CCN2C(=O)Nc1cc(Cl)cc(Cl)c1. The van der Waals surface area contributed by atoms with Crippen molar-refractivity contribution in [2.24, 2.45) is 0 Å². The number of nitrogens with zero attached hydrogens (tertiary/aromatic N) is 1. The Hall–Kier alpha value is -1.91. The normalized spacial score (nSPS) is 13.1. The first-order chi connectivity index (χ1) is 10.0. The van der Waals surface area contributed by atoms with Gasteiger partial charge >= 0.3 is 6.03 Å². The summed E-state index contributed by atoms with van der Waals surface area (Å²) in [6.07, 6.45) is 0.756. The number of carbonyl (C=O) groups is 1. The second-order valence-corrected chi connectivity index (χ2v) is 5.71. The minimum absolute atomic E-state index is 0.224. The molecule has 0 spiro atoms. The molecule has 0 aromatic heterocycles. The molecule has 0 unspecified atom stereocenters. The molecule has 0 saturated heterocycles. The Morgan fingerprint density at radius 2 is 1.90 bits per heavy atom. The summed E-state index contributed by atoms with van der Waals surface area (Å²) in [6.45, 7) is 0.601. The molecule has 1 aliphatic rings. The summed E-state index contributed by atoms with van der Waals surface area (Å²) in [5, 5.41) is 3.75. The van der Waals surface area contributed by atoms with E-state index in [0.717, 1.165) is 17.7 Å². The second-order valence-electron chi connectivity index (χ2n) is 4.83. The maximum absolute atomic E-state index is 12.4. The highest BCUT2D eigenvalue weighted by Gasteiger charge is 2.26. The van der Waals surface area contributed by atoms with E-state index in [-0.39, 0.29) is 6.03 Å². The third-order valence-corrected chi connectivity index (χ3v) is 3.86. The molecule has 3 rings (SSSR count). The first-order valence-corrected chi connectivity index (χ1v) is 7.22. The van der Waals surface area contributed by atoms with Crippen molar-refractivity contribution in [3.63, 3.8) is 0 Å². The minimum atomic E-state index is -0.224. The van der Waals surface area contributed by atoms with E-state index in [1.807, 2.05) is 18.2 Å². The largest absolute Gasteiger partial charge is 0.398 e. The predicted octanol–water partition coefficient (Wildman–Crippen LogP) is 4.17. The van der Waals surface area contributed by atoms with Gasteiger partial charge < -0.3 is 11.1 Å². The van der Waals surface area contributed by atoms with Gasteiger partial charge in [0.2, 0.25) is 0 Å². The van der Waals surface area contributed by atoms with Crippen molar-refractivity contribution in [3.05, 3.63) is 52.0 Å². The number of amides is 2. The Labute approximate surface area is 132 Å². The number of nitrogens with two attached hydrogens (primary N) is 1. The number of nitrogens with one attached hydrogen (secondary N) is 1. The van der Waals surface area contributed by atoms with Crippen LogP contribution in [0.3, 0.4) is 0 Å². The molecule has 0 bridgehead atoms. The van der Waals surface area contributed by atoms with E-state index in [2.05, 4.69) is 5.32 Å². The zero-order valence-corrected chi connectivity index (χ0v) is 12.6. The van der Waals surface area contributed by atoms with Gasteiger partial charge in [0.1, 0.15) is 0 Å². The van der Waals surface area contributed by atoms with Crippen LogP contribution in [-0.2, 0) is 6.42 Å². The molecule has 21 heavy (non-hydrogen) atoms. The maximum atomic E-state index is 12.4. The van der Waals surface area contributed by atoms with Gasteiger partial charge in [-0.15, -0.1) is 0 Å². The summed E-state index contributed by atoms with van der Waals surface area (Å²) in [5.41, 5.74) is 9.07. The lowest BCUT2D eigenvalue weighted by Crippen LogP contribution is -2.33. The van der Waals surface area contributed by atoms with Gasteiger partial charge in [0, 0.05) is 33.5 Å². The number of fused-ring (bicyclic) bond motifs is 1. The van der Waals surface area contributed by atoms with E-state index in [1.165, 1.54) is 0 Å². The zero-order valence-electron chi connectivity index (χ0n) is 11.1. The molecular formula is C15H13Cl2N3O. The van der Waals surface area contributed by atoms with Gasteiger partial charge in [-0.25, -0.2) is 4.79 Å². The molecule has 3 N–H and O–H groups in total. The number of carbonyl (C=O) groups excluding carboxylic acids is 1. The van der Waals surface area contributed by atoms with Gasteiger partial charge in [-0.2, -0.15) is 0 Å². The number of rotatable bonds is 1. The van der Waals surface area contributed by atoms with Crippen LogP contribution in [0.1, 0.15) is 5.56 Å². The van der Waals surface area contributed by atoms with Crippen molar-refractivity contribution in [1.29, 1.82) is 0 Å². The standard InChI is InChI=1S/C15H13Cl2N3O/c16-9-6-10(17)8-11(7-9)19-15(21)20-5-4-12-13(18)2-1-3-14(12)20/h1-3,6-8H,4-5,18H2,(H,19,21). The maximum Gasteiger partial charge on any atom is 0.326 e. The molecule has 0 radical (unpaired) electrons. The fraction of sp³-hybridized carbons (Fsp3) is 0.133. The monoisotopic (exact) mass is 321 g/mol. The first kappa shape index (κ1) is 14.0. The van der Waals surface area contributed by atoms with Crippen molar-refractivity contribution in [2.75, 3.05) is 22.5 Å². The molecule has 2 amide bonds. The van der Waals surface area contributed by atoms with Crippen LogP contribution in [0.25, 0.3) is 0 Å². The van der Waals surface area contributed by atoms with E-state index in [9.17, 15) is 4.79 Å². The molecule has 2 aromatic carbocycles. The highest BCUT2D eigenvalue weighted by atomic mass is 35.5. The molecule has 1 heterocycles. The third-order valence-electron chi connectivity index (χ3n) is 3.42. The number of hydrogen-bond donors (Lipinski definition) is 2. The molecule has 1 aliphatic heterocycles. The van der Waals surface area contributed by atoms with Crippen LogP contribution in [0.4, 0.5) is 21.9 Å². The van der Waals surface area contributed by atoms with E-state index in [4.69, 9.17) is 28.9 Å². The Bertz CT molecular complexity index is 698. The zero-order chi connectivity index (χ0) is 15.0. The Balaban J connectivity index is 1.83. The summed E-state index contributed by atoms with van der Waals surface area (Å²) in [4.78, 5) is 14.1. The first-order valence-electron chi connectivity index (χ1n) is 6.46. The average Bonchev–Trinajstić information content (AvgIpc) is 2.82. The van der Waals surface area contributed by atoms with Crippen molar-refractivity contribution in [1.82, 2.24) is 0 Å². The third kappa shape index (κ3) is 2.77. The van der Waals surface area contributed by atoms with E-state index in [1.54, 1.807) is 23.1 Å². The number of hydrogen-bond acceptors (Lipinski definition) is 2. The van der Waals surface area contributed by atoms with E-state index in [0.29, 0.717) is 28.0 Å². The number of halogens is 2. The van der Waals surface area contributed by atoms with Gasteiger partial charge in [-0.05, 0) is 36.8 Å². The van der Waals surface area contributed by atoms with Crippen LogP contribution in [-0.4, -0.2) is 12.6 Å². The van der Waals surface area contributed by atoms with Gasteiger partial charge in [-0.1, -0.05) is 29.3 Å². The van der Waals surface area contributed by atoms with Gasteiger partial charge in [0.05, 0.1) is 5.69 Å². The Morgan fingerprint density at radius 1 is 1.19 bits per heavy atom. The highest BCUT2D eigenvalue weighted by molar-refractivity contribution is 6.35. The number of nitrogen functional groups attached to an aromatic ring is 1.